The average molecular weight is 750 g/mol. The molecule has 5 fully saturated rings. The van der Waals surface area contributed by atoms with E-state index in [9.17, 15) is 33.6 Å². The number of aromatic nitrogens is 2. The monoisotopic (exact) mass is 749 g/mol. The third-order valence-electron chi connectivity index (χ3n) is 11.6. The zero-order chi connectivity index (χ0) is 38.8. The van der Waals surface area contributed by atoms with E-state index in [1.54, 1.807) is 0 Å². The second kappa shape index (κ2) is 16.1. The van der Waals surface area contributed by atoms with Crippen molar-refractivity contribution in [2.75, 3.05) is 13.1 Å². The lowest BCUT2D eigenvalue weighted by Crippen LogP contribution is -2.62. The molecule has 1 aromatic rings. The maximum absolute atomic E-state index is 14.9. The van der Waals surface area contributed by atoms with Gasteiger partial charge in [-0.2, -0.15) is 0 Å². The molecule has 2 aliphatic carbocycles. The molecule has 16 nitrogen and oxygen atoms in total. The fourth-order valence-corrected chi connectivity index (χ4v) is 8.60. The van der Waals surface area contributed by atoms with Crippen molar-refractivity contribution in [2.24, 2.45) is 11.3 Å². The standard InChI is InChI=1S/C38H55N9O7/c1-5-10-24(29(48)35(53)41-23-14-15-23)42-32(50)27-19-38(45-33(51)26-13-9-18-47(26)38)21-46(27)36(54)30(37(2,3)4)44-34(52)28(22-11-7-6-8-12-22)43-31(49)25-20-39-16-17-40-25/h16-17,20,22-24,26-28,30H,5-15,18-19,21H2,1-4H3,(H,41,53)(H,42,50)(H,43,49)(H,44,52)(H,45,51)/t24?,26?,27-,28-,30+,38?/m0/s1. The number of hydrogen-bond donors (Lipinski definition) is 5. The topological polar surface area (TPSA) is 212 Å². The molecule has 5 N–H and O–H groups in total. The van der Waals surface area contributed by atoms with Crippen LogP contribution in [-0.2, 0) is 28.8 Å². The Morgan fingerprint density at radius 1 is 0.963 bits per heavy atom. The summed E-state index contributed by atoms with van der Waals surface area (Å²) in [6, 6.07) is -4.73. The van der Waals surface area contributed by atoms with E-state index in [0.717, 1.165) is 51.4 Å². The molecule has 3 aliphatic heterocycles. The van der Waals surface area contributed by atoms with Crippen molar-refractivity contribution >= 4 is 41.2 Å². The molecule has 6 amide bonds. The minimum Gasteiger partial charge on any atom is -0.347 e. The Morgan fingerprint density at radius 2 is 1.70 bits per heavy atom. The van der Waals surface area contributed by atoms with E-state index in [1.807, 2.05) is 32.6 Å². The fourth-order valence-electron chi connectivity index (χ4n) is 8.60. The van der Waals surface area contributed by atoms with E-state index in [2.05, 4.69) is 36.6 Å². The molecular formula is C38H55N9O7. The number of Topliss-reactive ketones (excluding diaryl/α,β-unsaturated/α-hetero) is 1. The van der Waals surface area contributed by atoms with Crippen molar-refractivity contribution in [3.8, 4) is 0 Å². The quantitative estimate of drug-likeness (QED) is 0.178. The summed E-state index contributed by atoms with van der Waals surface area (Å²) in [6.07, 6.45) is 12.3. The predicted octanol–water partition coefficient (Wildman–Crippen LogP) is 0.710. The van der Waals surface area contributed by atoms with Crippen LogP contribution < -0.4 is 26.6 Å². The molecular weight excluding hydrogens is 694 g/mol. The molecule has 0 radical (unpaired) electrons. The van der Waals surface area contributed by atoms with E-state index in [0.29, 0.717) is 19.4 Å². The van der Waals surface area contributed by atoms with Gasteiger partial charge in [-0.05, 0) is 56.3 Å². The van der Waals surface area contributed by atoms with Crippen LogP contribution in [0.1, 0.15) is 115 Å². The first-order chi connectivity index (χ1) is 25.7. The van der Waals surface area contributed by atoms with Gasteiger partial charge in [-0.3, -0.25) is 43.4 Å². The predicted molar refractivity (Wildman–Crippen MR) is 195 cm³/mol. The van der Waals surface area contributed by atoms with E-state index < -0.39 is 70.6 Å². The van der Waals surface area contributed by atoms with Gasteiger partial charge in [0.25, 0.3) is 11.8 Å². The van der Waals surface area contributed by atoms with Gasteiger partial charge in [-0.25, -0.2) is 4.98 Å². The molecule has 6 atom stereocenters. The normalized spacial score (nSPS) is 26.0. The van der Waals surface area contributed by atoms with Gasteiger partial charge in [-0.15, -0.1) is 0 Å². The van der Waals surface area contributed by atoms with Crippen LogP contribution in [0.5, 0.6) is 0 Å². The maximum atomic E-state index is 14.9. The molecule has 0 aromatic carbocycles. The highest BCUT2D eigenvalue weighted by Gasteiger charge is 2.61. The van der Waals surface area contributed by atoms with Crippen molar-refractivity contribution in [2.45, 2.75) is 147 Å². The van der Waals surface area contributed by atoms with Crippen molar-refractivity contribution in [3.63, 3.8) is 0 Å². The molecule has 3 unspecified atom stereocenters. The molecule has 1 spiro atoms. The van der Waals surface area contributed by atoms with Crippen LogP contribution in [0.4, 0.5) is 0 Å². The van der Waals surface area contributed by atoms with Gasteiger partial charge in [-0.1, -0.05) is 53.4 Å². The molecule has 4 heterocycles. The summed E-state index contributed by atoms with van der Waals surface area (Å²) < 4.78 is 0. The third kappa shape index (κ3) is 8.42. The summed E-state index contributed by atoms with van der Waals surface area (Å²) in [7, 11) is 0. The van der Waals surface area contributed by atoms with Crippen molar-refractivity contribution in [3.05, 3.63) is 24.3 Å². The first kappa shape index (κ1) is 39.2. The highest BCUT2D eigenvalue weighted by molar-refractivity contribution is 6.38. The fraction of sp³-hybridized carbons (Fsp3) is 0.711. The number of likely N-dealkylation sites (tertiary alicyclic amines) is 1. The summed E-state index contributed by atoms with van der Waals surface area (Å²) in [5.74, 6) is -4.04. The summed E-state index contributed by atoms with van der Waals surface area (Å²) in [5, 5.41) is 14.5. The van der Waals surface area contributed by atoms with Crippen LogP contribution >= 0.6 is 0 Å². The Balaban J connectivity index is 1.27. The summed E-state index contributed by atoms with van der Waals surface area (Å²) in [6.45, 7) is 7.87. The number of nitrogens with one attached hydrogen (secondary N) is 5. The van der Waals surface area contributed by atoms with E-state index in [1.165, 1.54) is 23.5 Å². The van der Waals surface area contributed by atoms with Gasteiger partial charge in [0.15, 0.2) is 0 Å². The third-order valence-corrected chi connectivity index (χ3v) is 11.6. The molecule has 0 bridgehead atoms. The maximum Gasteiger partial charge on any atom is 0.289 e. The van der Waals surface area contributed by atoms with Crippen molar-refractivity contribution in [1.29, 1.82) is 0 Å². The smallest absolute Gasteiger partial charge is 0.289 e. The first-order valence-corrected chi connectivity index (χ1v) is 19.6. The highest BCUT2D eigenvalue weighted by Crippen LogP contribution is 2.41. The Hall–Kier alpha value is -4.47. The second-order valence-corrected chi connectivity index (χ2v) is 16.8. The molecule has 16 heteroatoms. The Bertz CT molecular complexity index is 1620. The number of nitrogens with zero attached hydrogens (tertiary/aromatic N) is 4. The summed E-state index contributed by atoms with van der Waals surface area (Å²) in [4.78, 5) is 108. The number of carbonyl (C=O) groups is 7. The lowest BCUT2D eigenvalue weighted by atomic mass is 9.82. The van der Waals surface area contributed by atoms with Gasteiger partial charge >= 0.3 is 0 Å². The summed E-state index contributed by atoms with van der Waals surface area (Å²) in [5.41, 5.74) is -1.81. The van der Waals surface area contributed by atoms with E-state index >= 15 is 0 Å². The number of hydrogen-bond acceptors (Lipinski definition) is 10. The van der Waals surface area contributed by atoms with Crippen LogP contribution in [0.25, 0.3) is 0 Å². The van der Waals surface area contributed by atoms with E-state index in [4.69, 9.17) is 0 Å². The number of carbonyl (C=O) groups excluding carboxylic acids is 7. The largest absolute Gasteiger partial charge is 0.347 e. The lowest BCUT2D eigenvalue weighted by molar-refractivity contribution is -0.145. The molecule has 6 rings (SSSR count). The zero-order valence-electron chi connectivity index (χ0n) is 31.8. The zero-order valence-corrected chi connectivity index (χ0v) is 31.8. The number of ketones is 1. The van der Waals surface area contributed by atoms with Gasteiger partial charge < -0.3 is 31.5 Å². The van der Waals surface area contributed by atoms with Crippen LogP contribution in [0.3, 0.4) is 0 Å². The van der Waals surface area contributed by atoms with Crippen LogP contribution in [0.2, 0.25) is 0 Å². The second-order valence-electron chi connectivity index (χ2n) is 16.8. The SMILES string of the molecule is CCCC(NC(=O)[C@@H]1CC2(CN1C(=O)[C@@H](NC(=O)[C@@H](NC(=O)c1cnccn1)C1CCCCC1)C(C)(C)C)NC(=O)C1CCCN12)C(=O)C(=O)NC1CC1. The molecule has 2 saturated carbocycles. The number of fused-ring (bicyclic) bond motifs is 2. The van der Waals surface area contributed by atoms with E-state index in [-0.39, 0.29) is 49.0 Å². The lowest BCUT2D eigenvalue weighted by Gasteiger charge is -2.38. The highest BCUT2D eigenvalue weighted by atomic mass is 16.2. The number of amides is 6. The van der Waals surface area contributed by atoms with Gasteiger partial charge in [0.2, 0.25) is 29.4 Å². The minimum atomic E-state index is -1.14. The van der Waals surface area contributed by atoms with Gasteiger partial charge in [0.05, 0.1) is 24.8 Å². The molecule has 5 aliphatic rings. The van der Waals surface area contributed by atoms with Crippen LogP contribution in [-0.4, -0.2) is 116 Å². The average Bonchev–Trinajstić information content (AvgIpc) is 3.55. The summed E-state index contributed by atoms with van der Waals surface area (Å²) >= 11 is 0. The molecule has 3 saturated heterocycles. The van der Waals surface area contributed by atoms with Crippen molar-refractivity contribution in [1.82, 2.24) is 46.4 Å². The minimum absolute atomic E-state index is 0.0152. The van der Waals surface area contributed by atoms with Crippen molar-refractivity contribution < 1.29 is 33.6 Å². The Labute approximate surface area is 316 Å². The molecule has 294 valence electrons. The molecule has 54 heavy (non-hydrogen) atoms. The van der Waals surface area contributed by atoms with Crippen LogP contribution in [0.15, 0.2) is 18.6 Å². The Morgan fingerprint density at radius 3 is 2.35 bits per heavy atom. The molecule has 1 aromatic heterocycles. The number of rotatable bonds is 13. The Kier molecular flexibility index (Phi) is 11.7. The van der Waals surface area contributed by atoms with Crippen LogP contribution in [0, 0.1) is 11.3 Å². The van der Waals surface area contributed by atoms with Gasteiger partial charge in [0.1, 0.15) is 29.5 Å². The first-order valence-electron chi connectivity index (χ1n) is 19.6. The van der Waals surface area contributed by atoms with Gasteiger partial charge in [0, 0.05) is 31.4 Å².